The average molecular weight is 259 g/mol. The third kappa shape index (κ3) is 3.55. The number of phenols is 1. The number of phenolic OH excluding ortho intramolecular Hbond substituents is 1. The molecule has 0 amide bonds. The molecule has 0 saturated carbocycles. The lowest BCUT2D eigenvalue weighted by Gasteiger charge is -2.15. The van der Waals surface area contributed by atoms with Crippen molar-refractivity contribution in [2.45, 2.75) is 26.4 Å². The molecular formula is C16H18FNO. The summed E-state index contributed by atoms with van der Waals surface area (Å²) in [4.78, 5) is 0. The van der Waals surface area contributed by atoms with E-state index in [-0.39, 0.29) is 17.6 Å². The van der Waals surface area contributed by atoms with Gasteiger partial charge in [0.2, 0.25) is 0 Å². The predicted molar refractivity (Wildman–Crippen MR) is 74.5 cm³/mol. The van der Waals surface area contributed by atoms with Crippen molar-refractivity contribution in [2.24, 2.45) is 0 Å². The topological polar surface area (TPSA) is 32.3 Å². The van der Waals surface area contributed by atoms with Gasteiger partial charge in [-0.05, 0) is 37.6 Å². The highest BCUT2D eigenvalue weighted by Crippen LogP contribution is 2.20. The van der Waals surface area contributed by atoms with E-state index in [0.29, 0.717) is 6.54 Å². The molecule has 2 N–H and O–H groups in total. The van der Waals surface area contributed by atoms with Gasteiger partial charge >= 0.3 is 0 Å². The van der Waals surface area contributed by atoms with Gasteiger partial charge in [0.15, 0.2) is 0 Å². The minimum atomic E-state index is -0.232. The fraction of sp³-hybridized carbons (Fsp3) is 0.250. The molecule has 0 radical (unpaired) electrons. The maximum absolute atomic E-state index is 13.1. The molecule has 3 heteroatoms. The summed E-state index contributed by atoms with van der Waals surface area (Å²) in [6, 6.07) is 12.1. The molecule has 2 rings (SSSR count). The SMILES string of the molecule is Cc1ccc(O)c(CN[C@H](C)c2cccc(F)c2)c1. The number of benzene rings is 2. The Labute approximate surface area is 112 Å². The quantitative estimate of drug-likeness (QED) is 0.877. The number of aryl methyl sites for hydroxylation is 1. The second kappa shape index (κ2) is 5.85. The number of nitrogens with one attached hydrogen (secondary N) is 1. The van der Waals surface area contributed by atoms with Gasteiger partial charge in [-0.25, -0.2) is 4.39 Å². The second-order valence-corrected chi connectivity index (χ2v) is 4.79. The summed E-state index contributed by atoms with van der Waals surface area (Å²) < 4.78 is 13.1. The minimum absolute atomic E-state index is 0.0237. The molecule has 0 aliphatic carbocycles. The summed E-state index contributed by atoms with van der Waals surface area (Å²) in [6.45, 7) is 4.51. The van der Waals surface area contributed by atoms with Gasteiger partial charge < -0.3 is 10.4 Å². The number of hydrogen-bond donors (Lipinski definition) is 2. The summed E-state index contributed by atoms with van der Waals surface area (Å²) in [7, 11) is 0. The van der Waals surface area contributed by atoms with Gasteiger partial charge in [-0.1, -0.05) is 29.8 Å². The van der Waals surface area contributed by atoms with Crippen molar-refractivity contribution in [1.29, 1.82) is 0 Å². The van der Waals surface area contributed by atoms with E-state index in [0.717, 1.165) is 16.7 Å². The van der Waals surface area contributed by atoms with Crippen LogP contribution in [-0.4, -0.2) is 5.11 Å². The second-order valence-electron chi connectivity index (χ2n) is 4.79. The first-order valence-corrected chi connectivity index (χ1v) is 6.33. The molecular weight excluding hydrogens is 241 g/mol. The fourth-order valence-electron chi connectivity index (χ4n) is 2.01. The third-order valence-electron chi connectivity index (χ3n) is 3.18. The minimum Gasteiger partial charge on any atom is -0.508 e. The molecule has 0 fully saturated rings. The molecule has 100 valence electrons. The fourth-order valence-corrected chi connectivity index (χ4v) is 2.01. The Morgan fingerprint density at radius 1 is 1.21 bits per heavy atom. The van der Waals surface area contributed by atoms with Crippen LogP contribution in [0.15, 0.2) is 42.5 Å². The maximum Gasteiger partial charge on any atom is 0.123 e. The van der Waals surface area contributed by atoms with E-state index < -0.39 is 0 Å². The van der Waals surface area contributed by atoms with Gasteiger partial charge in [0.05, 0.1) is 0 Å². The number of hydrogen-bond acceptors (Lipinski definition) is 2. The van der Waals surface area contributed by atoms with Gasteiger partial charge in [-0.15, -0.1) is 0 Å². The van der Waals surface area contributed by atoms with E-state index in [1.807, 2.05) is 32.0 Å². The van der Waals surface area contributed by atoms with E-state index in [1.165, 1.54) is 12.1 Å². The molecule has 0 spiro atoms. The zero-order chi connectivity index (χ0) is 13.8. The number of aromatic hydroxyl groups is 1. The molecule has 2 aromatic rings. The Morgan fingerprint density at radius 2 is 2.00 bits per heavy atom. The van der Waals surface area contributed by atoms with E-state index >= 15 is 0 Å². The third-order valence-corrected chi connectivity index (χ3v) is 3.18. The van der Waals surface area contributed by atoms with Gasteiger partial charge in [0.25, 0.3) is 0 Å². The van der Waals surface area contributed by atoms with Crippen molar-refractivity contribution in [3.05, 3.63) is 65.0 Å². The molecule has 0 aromatic heterocycles. The summed E-state index contributed by atoms with van der Waals surface area (Å²) in [6.07, 6.45) is 0. The predicted octanol–water partition coefficient (Wildman–Crippen LogP) is 3.69. The highest BCUT2D eigenvalue weighted by atomic mass is 19.1. The Morgan fingerprint density at radius 3 is 2.74 bits per heavy atom. The number of rotatable bonds is 4. The summed E-state index contributed by atoms with van der Waals surface area (Å²) in [5.74, 6) is 0.0501. The molecule has 1 atom stereocenters. The van der Waals surface area contributed by atoms with E-state index in [4.69, 9.17) is 0 Å². The van der Waals surface area contributed by atoms with Crippen molar-refractivity contribution in [3.8, 4) is 5.75 Å². The first-order chi connectivity index (χ1) is 9.06. The molecule has 0 aliphatic heterocycles. The summed E-state index contributed by atoms with van der Waals surface area (Å²) in [5.41, 5.74) is 2.85. The highest BCUT2D eigenvalue weighted by molar-refractivity contribution is 5.35. The van der Waals surface area contributed by atoms with Crippen molar-refractivity contribution in [1.82, 2.24) is 5.32 Å². The van der Waals surface area contributed by atoms with Crippen molar-refractivity contribution < 1.29 is 9.50 Å². The molecule has 0 heterocycles. The van der Waals surface area contributed by atoms with Crippen LogP contribution in [0.4, 0.5) is 4.39 Å². The van der Waals surface area contributed by atoms with E-state index in [2.05, 4.69) is 5.32 Å². The Kier molecular flexibility index (Phi) is 4.17. The Hall–Kier alpha value is -1.87. The largest absolute Gasteiger partial charge is 0.508 e. The number of halogens is 1. The van der Waals surface area contributed by atoms with Gasteiger partial charge in [0, 0.05) is 18.2 Å². The van der Waals surface area contributed by atoms with Crippen LogP contribution in [0.1, 0.15) is 29.7 Å². The molecule has 0 bridgehead atoms. The van der Waals surface area contributed by atoms with Crippen LogP contribution >= 0.6 is 0 Å². The van der Waals surface area contributed by atoms with Gasteiger partial charge in [-0.2, -0.15) is 0 Å². The lowest BCUT2D eigenvalue weighted by molar-refractivity contribution is 0.460. The Balaban J connectivity index is 2.04. The zero-order valence-electron chi connectivity index (χ0n) is 11.2. The van der Waals surface area contributed by atoms with Crippen LogP contribution in [0.25, 0.3) is 0 Å². The maximum atomic E-state index is 13.1. The molecule has 0 aliphatic rings. The van der Waals surface area contributed by atoms with Crippen LogP contribution in [0.3, 0.4) is 0 Å². The summed E-state index contributed by atoms with van der Waals surface area (Å²) >= 11 is 0. The monoisotopic (exact) mass is 259 g/mol. The molecule has 0 unspecified atom stereocenters. The molecule has 2 nitrogen and oxygen atoms in total. The lowest BCUT2D eigenvalue weighted by Crippen LogP contribution is -2.18. The van der Waals surface area contributed by atoms with Crippen LogP contribution in [0.5, 0.6) is 5.75 Å². The van der Waals surface area contributed by atoms with Gasteiger partial charge in [0.1, 0.15) is 11.6 Å². The zero-order valence-corrected chi connectivity index (χ0v) is 11.2. The molecule has 19 heavy (non-hydrogen) atoms. The summed E-state index contributed by atoms with van der Waals surface area (Å²) in [5, 5.41) is 13.0. The van der Waals surface area contributed by atoms with Crippen LogP contribution in [-0.2, 0) is 6.54 Å². The smallest absolute Gasteiger partial charge is 0.123 e. The molecule has 2 aromatic carbocycles. The lowest BCUT2D eigenvalue weighted by atomic mass is 10.1. The van der Waals surface area contributed by atoms with E-state index in [9.17, 15) is 9.50 Å². The van der Waals surface area contributed by atoms with Crippen molar-refractivity contribution in [2.75, 3.05) is 0 Å². The van der Waals surface area contributed by atoms with Gasteiger partial charge in [-0.3, -0.25) is 0 Å². The highest BCUT2D eigenvalue weighted by Gasteiger charge is 2.07. The normalized spacial score (nSPS) is 12.4. The standard InChI is InChI=1S/C16H18FNO/c1-11-6-7-16(19)14(8-11)10-18-12(2)13-4-3-5-15(17)9-13/h3-9,12,18-19H,10H2,1-2H3/t12-/m1/s1. The van der Waals surface area contributed by atoms with Crippen LogP contribution < -0.4 is 5.32 Å². The average Bonchev–Trinajstić information content (AvgIpc) is 2.39. The van der Waals surface area contributed by atoms with E-state index in [1.54, 1.807) is 12.1 Å². The first-order valence-electron chi connectivity index (χ1n) is 6.33. The molecule has 0 saturated heterocycles. The van der Waals surface area contributed by atoms with Crippen molar-refractivity contribution in [3.63, 3.8) is 0 Å². The van der Waals surface area contributed by atoms with Crippen LogP contribution in [0.2, 0.25) is 0 Å². The van der Waals surface area contributed by atoms with Crippen LogP contribution in [0, 0.1) is 12.7 Å². The Bertz CT molecular complexity index is 568. The van der Waals surface area contributed by atoms with Crippen molar-refractivity contribution >= 4 is 0 Å². The first kappa shape index (κ1) is 13.6.